The minimum absolute atomic E-state index is 0.376. The topological polar surface area (TPSA) is 55.8 Å². The van der Waals surface area contributed by atoms with E-state index in [1.54, 1.807) is 25.8 Å². The van der Waals surface area contributed by atoms with Crippen LogP contribution in [0.25, 0.3) is 0 Å². The molecule has 5 nitrogen and oxygen atoms in total. The van der Waals surface area contributed by atoms with Crippen LogP contribution in [0.4, 0.5) is 0 Å². The van der Waals surface area contributed by atoms with Crippen LogP contribution in [0.1, 0.15) is 13.8 Å². The van der Waals surface area contributed by atoms with Gasteiger partial charge in [-0.15, -0.1) is 0 Å². The summed E-state index contributed by atoms with van der Waals surface area (Å²) in [6.45, 7) is 4.93. The first-order valence-electron chi connectivity index (χ1n) is 4.56. The first kappa shape index (κ1) is 11.0. The molecule has 6 heteroatoms. The van der Waals surface area contributed by atoms with Crippen LogP contribution in [0.2, 0.25) is 6.82 Å². The van der Waals surface area contributed by atoms with Gasteiger partial charge in [-0.05, 0) is 27.7 Å². The van der Waals surface area contributed by atoms with Gasteiger partial charge in [0.1, 0.15) is 12.1 Å². The van der Waals surface area contributed by atoms with E-state index in [2.05, 4.69) is 0 Å². The highest BCUT2D eigenvalue weighted by atomic mass is 16.6. The second kappa shape index (κ2) is 4.00. The molecule has 0 aromatic heterocycles. The summed E-state index contributed by atoms with van der Waals surface area (Å²) in [5, 5.41) is 0. The van der Waals surface area contributed by atoms with Crippen molar-refractivity contribution in [3.63, 3.8) is 0 Å². The summed E-state index contributed by atoms with van der Waals surface area (Å²) in [6.07, 6.45) is 0. The zero-order valence-corrected chi connectivity index (χ0v) is 8.81. The van der Waals surface area contributed by atoms with Gasteiger partial charge in [0.05, 0.1) is 0 Å². The molecule has 0 aromatic carbocycles. The maximum Gasteiger partial charge on any atom is 0.595 e. The Hall–Kier alpha value is -1.04. The summed E-state index contributed by atoms with van der Waals surface area (Å²) < 4.78 is 9.74. The smallest absolute Gasteiger partial charge is 0.498 e. The zero-order chi connectivity index (χ0) is 10.9. The SMILES string of the molecule is CB1OC(=O)[C@@H](C)N(C)[C@@H](C)C(=O)O1. The molecule has 2 atom stereocenters. The Kier molecular flexibility index (Phi) is 3.15. The lowest BCUT2D eigenvalue weighted by Crippen LogP contribution is -2.51. The van der Waals surface area contributed by atoms with Crippen LogP contribution >= 0.6 is 0 Å². The average molecular weight is 199 g/mol. The van der Waals surface area contributed by atoms with Crippen LogP contribution < -0.4 is 0 Å². The first-order chi connectivity index (χ1) is 6.43. The average Bonchev–Trinajstić information content (AvgIpc) is 2.12. The predicted octanol–water partition coefficient (Wildman–Crippen LogP) is -0.0868. The molecule has 0 aromatic rings. The van der Waals surface area contributed by atoms with E-state index in [0.29, 0.717) is 0 Å². The molecular formula is C8H14BNO4. The standard InChI is InChI=1S/C8H14BNO4/c1-5-7(11)13-9(3)14-8(12)6(2)10(5)4/h5-6H,1-4H3/t5-,6+. The van der Waals surface area contributed by atoms with Crippen molar-refractivity contribution >= 4 is 19.1 Å². The Morgan fingerprint density at radius 3 is 1.86 bits per heavy atom. The fourth-order valence-corrected chi connectivity index (χ4v) is 1.22. The minimum Gasteiger partial charge on any atom is -0.498 e. The Balaban J connectivity index is 2.84. The van der Waals surface area contributed by atoms with E-state index in [9.17, 15) is 9.59 Å². The molecule has 14 heavy (non-hydrogen) atoms. The van der Waals surface area contributed by atoms with Gasteiger partial charge >= 0.3 is 19.1 Å². The predicted molar refractivity (Wildman–Crippen MR) is 50.5 cm³/mol. The second-order valence-electron chi connectivity index (χ2n) is 3.46. The number of likely N-dealkylation sites (N-methyl/N-ethyl adjacent to an activating group) is 1. The number of hydrogen-bond acceptors (Lipinski definition) is 5. The number of nitrogens with zero attached hydrogens (tertiary/aromatic N) is 1. The van der Waals surface area contributed by atoms with Gasteiger partial charge in [0.25, 0.3) is 0 Å². The molecule has 0 amide bonds. The van der Waals surface area contributed by atoms with Crippen LogP contribution in [-0.4, -0.2) is 43.1 Å². The van der Waals surface area contributed by atoms with Crippen LogP contribution in [0.3, 0.4) is 0 Å². The van der Waals surface area contributed by atoms with Gasteiger partial charge in [-0.3, -0.25) is 14.5 Å². The Morgan fingerprint density at radius 2 is 1.50 bits per heavy atom. The highest BCUT2D eigenvalue weighted by Gasteiger charge is 2.35. The van der Waals surface area contributed by atoms with Crippen molar-refractivity contribution in [2.45, 2.75) is 32.8 Å². The van der Waals surface area contributed by atoms with E-state index in [-0.39, 0.29) is 11.9 Å². The molecule has 78 valence electrons. The normalized spacial score (nSPS) is 30.4. The van der Waals surface area contributed by atoms with E-state index in [1.807, 2.05) is 0 Å². The fraction of sp³-hybridized carbons (Fsp3) is 0.750. The van der Waals surface area contributed by atoms with Gasteiger partial charge in [-0.1, -0.05) is 0 Å². The number of carbonyl (C=O) groups is 2. The van der Waals surface area contributed by atoms with Crippen molar-refractivity contribution in [3.8, 4) is 0 Å². The molecule has 0 unspecified atom stereocenters. The molecule has 1 fully saturated rings. The number of hydrogen-bond donors (Lipinski definition) is 0. The van der Waals surface area contributed by atoms with Crippen molar-refractivity contribution in [1.29, 1.82) is 0 Å². The molecule has 1 aliphatic rings. The number of carbonyl (C=O) groups excluding carboxylic acids is 2. The molecular weight excluding hydrogens is 185 g/mol. The monoisotopic (exact) mass is 199 g/mol. The maximum absolute atomic E-state index is 11.4. The quantitative estimate of drug-likeness (QED) is 0.510. The largest absolute Gasteiger partial charge is 0.595 e. The van der Waals surface area contributed by atoms with Crippen LogP contribution in [-0.2, 0) is 18.9 Å². The number of rotatable bonds is 0. The first-order valence-corrected chi connectivity index (χ1v) is 4.56. The second-order valence-corrected chi connectivity index (χ2v) is 3.46. The molecule has 1 aliphatic heterocycles. The molecule has 0 N–H and O–H groups in total. The third-order valence-electron chi connectivity index (χ3n) is 2.47. The van der Waals surface area contributed by atoms with Crippen molar-refractivity contribution in [1.82, 2.24) is 4.90 Å². The third kappa shape index (κ3) is 2.06. The van der Waals surface area contributed by atoms with Gasteiger partial charge in [0, 0.05) is 0 Å². The lowest BCUT2D eigenvalue weighted by molar-refractivity contribution is -0.152. The van der Waals surface area contributed by atoms with E-state index >= 15 is 0 Å². The summed E-state index contributed by atoms with van der Waals surface area (Å²) in [6, 6.07) is -0.861. The fourth-order valence-electron chi connectivity index (χ4n) is 1.22. The van der Waals surface area contributed by atoms with Crippen molar-refractivity contribution in [2.24, 2.45) is 0 Å². The summed E-state index contributed by atoms with van der Waals surface area (Å²) in [7, 11) is 0.891. The van der Waals surface area contributed by atoms with E-state index < -0.39 is 19.2 Å². The van der Waals surface area contributed by atoms with Gasteiger partial charge in [-0.2, -0.15) is 0 Å². The molecule has 0 spiro atoms. The molecule has 1 heterocycles. The summed E-state index contributed by atoms with van der Waals surface area (Å²) in [5.74, 6) is -0.751. The molecule has 0 aliphatic carbocycles. The lowest BCUT2D eigenvalue weighted by atomic mass is 9.94. The van der Waals surface area contributed by atoms with Crippen LogP contribution in [0.5, 0.6) is 0 Å². The molecule has 0 radical (unpaired) electrons. The van der Waals surface area contributed by atoms with Crippen molar-refractivity contribution in [2.75, 3.05) is 7.05 Å². The summed E-state index contributed by atoms with van der Waals surface area (Å²) in [5.41, 5.74) is 0. The van der Waals surface area contributed by atoms with Crippen molar-refractivity contribution < 1.29 is 18.9 Å². The van der Waals surface area contributed by atoms with E-state index in [4.69, 9.17) is 9.31 Å². The molecule has 0 bridgehead atoms. The van der Waals surface area contributed by atoms with E-state index in [1.165, 1.54) is 6.82 Å². The molecule has 0 saturated carbocycles. The molecule has 1 saturated heterocycles. The maximum atomic E-state index is 11.4. The van der Waals surface area contributed by atoms with Crippen LogP contribution in [0.15, 0.2) is 0 Å². The van der Waals surface area contributed by atoms with Gasteiger partial charge in [-0.25, -0.2) is 0 Å². The van der Waals surface area contributed by atoms with E-state index in [0.717, 1.165) is 0 Å². The molecule has 1 rings (SSSR count). The van der Waals surface area contributed by atoms with Crippen molar-refractivity contribution in [3.05, 3.63) is 0 Å². The van der Waals surface area contributed by atoms with Gasteiger partial charge < -0.3 is 9.31 Å². The van der Waals surface area contributed by atoms with Gasteiger partial charge in [0.15, 0.2) is 0 Å². The highest BCUT2D eigenvalue weighted by molar-refractivity contribution is 6.47. The summed E-state index contributed by atoms with van der Waals surface area (Å²) in [4.78, 5) is 24.4. The Morgan fingerprint density at radius 1 is 1.14 bits per heavy atom. The third-order valence-corrected chi connectivity index (χ3v) is 2.47. The summed E-state index contributed by atoms with van der Waals surface area (Å²) >= 11 is 0. The zero-order valence-electron chi connectivity index (χ0n) is 8.81. The minimum atomic E-state index is -0.798. The van der Waals surface area contributed by atoms with Crippen LogP contribution in [0, 0.1) is 0 Å². The lowest BCUT2D eigenvalue weighted by Gasteiger charge is -2.31. The Labute approximate surface area is 83.5 Å². The highest BCUT2D eigenvalue weighted by Crippen LogP contribution is 2.11. The van der Waals surface area contributed by atoms with Gasteiger partial charge in [0.2, 0.25) is 0 Å². The Bertz CT molecular complexity index is 234.